The molecule has 0 saturated carbocycles. The van der Waals surface area contributed by atoms with Gasteiger partial charge in [0.25, 0.3) is 0 Å². The fraction of sp³-hybridized carbons (Fsp3) is 0.476. The molecule has 1 aromatic rings. The molecule has 0 aromatic heterocycles. The van der Waals surface area contributed by atoms with Gasteiger partial charge in [-0.2, -0.15) is 0 Å². The Kier molecular flexibility index (Phi) is 3.29. The molecule has 2 saturated heterocycles. The van der Waals surface area contributed by atoms with Crippen molar-refractivity contribution < 1.29 is 14.3 Å². The number of hydrogen-bond acceptors (Lipinski definition) is 5. The zero-order valence-corrected chi connectivity index (χ0v) is 15.5. The van der Waals surface area contributed by atoms with Gasteiger partial charge in [0.05, 0.1) is 25.2 Å². The summed E-state index contributed by atoms with van der Waals surface area (Å²) in [5, 5.41) is 3.61. The molecule has 0 unspecified atom stereocenters. The van der Waals surface area contributed by atoms with Crippen LogP contribution in [-0.2, 0) is 14.9 Å². The lowest BCUT2D eigenvalue weighted by atomic mass is 9.62. The van der Waals surface area contributed by atoms with Crippen LogP contribution in [0.25, 0.3) is 0 Å². The molecular formula is C21H24N2O3. The molecule has 1 spiro atoms. The van der Waals surface area contributed by atoms with E-state index in [-0.39, 0.29) is 17.3 Å². The van der Waals surface area contributed by atoms with E-state index in [1.165, 1.54) is 18.2 Å². The van der Waals surface area contributed by atoms with Crippen molar-refractivity contribution in [1.29, 1.82) is 0 Å². The minimum atomic E-state index is -0.199. The molecule has 5 rings (SSSR count). The van der Waals surface area contributed by atoms with E-state index in [0.29, 0.717) is 6.04 Å². The molecule has 3 atom stereocenters. The summed E-state index contributed by atoms with van der Waals surface area (Å²) in [4.78, 5) is 15.4. The molecule has 2 bridgehead atoms. The van der Waals surface area contributed by atoms with Crippen LogP contribution in [0.3, 0.4) is 0 Å². The highest BCUT2D eigenvalue weighted by Gasteiger charge is 2.62. The van der Waals surface area contributed by atoms with E-state index >= 15 is 0 Å². The first-order valence-electron chi connectivity index (χ1n) is 9.31. The maximum atomic E-state index is 12.8. The number of carbonyl (C=O) groups excluding carboxylic acids is 1. The number of nitrogens with one attached hydrogen (secondary N) is 1. The first-order valence-corrected chi connectivity index (χ1v) is 9.31. The van der Waals surface area contributed by atoms with Gasteiger partial charge >= 0.3 is 5.97 Å². The van der Waals surface area contributed by atoms with E-state index < -0.39 is 0 Å². The Morgan fingerprint density at radius 1 is 1.38 bits per heavy atom. The van der Waals surface area contributed by atoms with Crippen molar-refractivity contribution in [1.82, 2.24) is 4.90 Å². The minimum Gasteiger partial charge on any atom is -0.497 e. The van der Waals surface area contributed by atoms with Crippen molar-refractivity contribution in [3.8, 4) is 5.75 Å². The zero-order chi connectivity index (χ0) is 18.1. The molecular weight excluding hydrogens is 328 g/mol. The van der Waals surface area contributed by atoms with Gasteiger partial charge in [-0.1, -0.05) is 17.7 Å². The van der Waals surface area contributed by atoms with Crippen LogP contribution in [0.1, 0.15) is 25.3 Å². The molecule has 1 N–H and O–H groups in total. The SMILES string of the molecule is CC=C1CN2CC[C@]34C(=C(C(=O)OC)[C@H]1C[C@H]23)Nc1cc(OC)ccc14. The Morgan fingerprint density at radius 3 is 2.96 bits per heavy atom. The van der Waals surface area contributed by atoms with Crippen molar-refractivity contribution >= 4 is 11.7 Å². The monoisotopic (exact) mass is 352 g/mol. The highest BCUT2D eigenvalue weighted by atomic mass is 16.5. The molecule has 26 heavy (non-hydrogen) atoms. The van der Waals surface area contributed by atoms with Crippen LogP contribution in [0, 0.1) is 5.92 Å². The van der Waals surface area contributed by atoms with Crippen LogP contribution in [0.15, 0.2) is 41.1 Å². The second-order valence-corrected chi connectivity index (χ2v) is 7.68. The summed E-state index contributed by atoms with van der Waals surface area (Å²) in [5.74, 6) is 0.784. The second-order valence-electron chi connectivity index (χ2n) is 7.68. The number of nitrogens with zero attached hydrogens (tertiary/aromatic N) is 1. The van der Waals surface area contributed by atoms with Gasteiger partial charge in [-0.15, -0.1) is 0 Å². The molecule has 1 aliphatic carbocycles. The van der Waals surface area contributed by atoms with Crippen molar-refractivity contribution in [3.63, 3.8) is 0 Å². The third kappa shape index (κ3) is 1.77. The van der Waals surface area contributed by atoms with Gasteiger partial charge in [-0.25, -0.2) is 4.79 Å². The average Bonchev–Trinajstić information content (AvgIpc) is 3.22. The topological polar surface area (TPSA) is 50.8 Å². The Bertz CT molecular complexity index is 872. The standard InChI is InChI=1S/C21H24N2O3/c1-4-12-11-23-8-7-21-15-6-5-13(25-2)9-16(15)22-19(21)18(20(24)26-3)14(12)10-17(21)23/h4-6,9,14,17,22H,7-8,10-11H2,1-3H3/t14-,17-,21+/m0/s1. The number of benzene rings is 1. The smallest absolute Gasteiger partial charge is 0.336 e. The van der Waals surface area contributed by atoms with Gasteiger partial charge in [0.2, 0.25) is 0 Å². The van der Waals surface area contributed by atoms with E-state index in [1.807, 2.05) is 12.1 Å². The van der Waals surface area contributed by atoms with Gasteiger partial charge in [0.1, 0.15) is 5.75 Å². The lowest BCUT2D eigenvalue weighted by molar-refractivity contribution is -0.137. The van der Waals surface area contributed by atoms with Crippen LogP contribution < -0.4 is 10.1 Å². The number of hydrogen-bond donors (Lipinski definition) is 1. The van der Waals surface area contributed by atoms with Crippen LogP contribution in [0.2, 0.25) is 0 Å². The van der Waals surface area contributed by atoms with E-state index in [1.54, 1.807) is 7.11 Å². The number of esters is 1. The summed E-state index contributed by atoms with van der Waals surface area (Å²) in [7, 11) is 3.17. The number of ether oxygens (including phenoxy) is 2. The van der Waals surface area contributed by atoms with Crippen LogP contribution >= 0.6 is 0 Å². The Hall–Kier alpha value is -2.27. The number of allylic oxidation sites excluding steroid dienone is 1. The van der Waals surface area contributed by atoms with Gasteiger partial charge < -0.3 is 14.8 Å². The zero-order valence-electron chi connectivity index (χ0n) is 15.5. The van der Waals surface area contributed by atoms with Gasteiger partial charge in [0.15, 0.2) is 0 Å². The van der Waals surface area contributed by atoms with E-state index in [9.17, 15) is 4.79 Å². The molecule has 5 heteroatoms. The first kappa shape index (κ1) is 15.9. The summed E-state index contributed by atoms with van der Waals surface area (Å²) in [6, 6.07) is 6.69. The largest absolute Gasteiger partial charge is 0.497 e. The van der Waals surface area contributed by atoms with E-state index in [0.717, 1.165) is 48.6 Å². The highest BCUT2D eigenvalue weighted by molar-refractivity contribution is 5.94. The molecule has 4 aliphatic rings. The van der Waals surface area contributed by atoms with E-state index in [4.69, 9.17) is 9.47 Å². The fourth-order valence-electron chi connectivity index (χ4n) is 5.77. The van der Waals surface area contributed by atoms with E-state index in [2.05, 4.69) is 29.3 Å². The van der Waals surface area contributed by atoms with Crippen molar-refractivity contribution in [2.75, 3.05) is 32.6 Å². The van der Waals surface area contributed by atoms with Crippen molar-refractivity contribution in [3.05, 3.63) is 46.7 Å². The summed E-state index contributed by atoms with van der Waals surface area (Å²) in [6.45, 7) is 4.08. The van der Waals surface area contributed by atoms with Crippen LogP contribution in [0.5, 0.6) is 5.75 Å². The predicted molar refractivity (Wildman–Crippen MR) is 99.2 cm³/mol. The van der Waals surface area contributed by atoms with Gasteiger partial charge in [-0.05, 0) is 31.4 Å². The third-order valence-electron chi connectivity index (χ3n) is 6.90. The molecule has 3 aliphatic heterocycles. The Morgan fingerprint density at radius 2 is 2.23 bits per heavy atom. The normalized spacial score (nSPS) is 33.0. The number of fused-ring (bicyclic) bond motifs is 2. The summed E-state index contributed by atoms with van der Waals surface area (Å²) >= 11 is 0. The van der Waals surface area contributed by atoms with Crippen molar-refractivity contribution in [2.45, 2.75) is 31.2 Å². The molecule has 2 fully saturated rings. The second kappa shape index (κ2) is 5.36. The lowest BCUT2D eigenvalue weighted by Gasteiger charge is -2.48. The maximum Gasteiger partial charge on any atom is 0.336 e. The average molecular weight is 352 g/mol. The van der Waals surface area contributed by atoms with Crippen LogP contribution in [0.4, 0.5) is 5.69 Å². The molecule has 1 aromatic carbocycles. The molecule has 5 nitrogen and oxygen atoms in total. The first-order chi connectivity index (χ1) is 12.6. The quantitative estimate of drug-likeness (QED) is 0.655. The number of piperidine rings is 1. The predicted octanol–water partition coefficient (Wildman–Crippen LogP) is 2.84. The molecule has 0 radical (unpaired) electrons. The lowest BCUT2D eigenvalue weighted by Crippen LogP contribution is -2.53. The minimum absolute atomic E-state index is 0.124. The fourth-order valence-corrected chi connectivity index (χ4v) is 5.77. The number of rotatable bonds is 2. The molecule has 136 valence electrons. The van der Waals surface area contributed by atoms with Gasteiger partial charge in [0, 0.05) is 42.5 Å². The van der Waals surface area contributed by atoms with Gasteiger partial charge in [-0.3, -0.25) is 4.90 Å². The number of carbonyl (C=O) groups is 1. The number of methoxy groups -OCH3 is 2. The Balaban J connectivity index is 1.79. The summed E-state index contributed by atoms with van der Waals surface area (Å²) < 4.78 is 10.6. The molecule has 3 heterocycles. The summed E-state index contributed by atoms with van der Waals surface area (Å²) in [6.07, 6.45) is 4.20. The molecule has 0 amide bonds. The maximum absolute atomic E-state index is 12.8. The Labute approximate surface area is 153 Å². The third-order valence-corrected chi connectivity index (χ3v) is 6.90. The number of anilines is 1. The van der Waals surface area contributed by atoms with Crippen molar-refractivity contribution in [2.24, 2.45) is 5.92 Å². The van der Waals surface area contributed by atoms with Crippen LogP contribution in [-0.4, -0.2) is 44.2 Å². The highest BCUT2D eigenvalue weighted by Crippen LogP contribution is 2.61. The summed E-state index contributed by atoms with van der Waals surface area (Å²) in [5.41, 5.74) is 5.46.